The van der Waals surface area contributed by atoms with E-state index in [0.29, 0.717) is 0 Å². The van der Waals surface area contributed by atoms with E-state index in [2.05, 4.69) is 44.1 Å². The van der Waals surface area contributed by atoms with Crippen LogP contribution in [0.5, 0.6) is 0 Å². The molecule has 0 bridgehead atoms. The van der Waals surface area contributed by atoms with Gasteiger partial charge >= 0.3 is 107 Å². The third kappa shape index (κ3) is 3.65. The summed E-state index contributed by atoms with van der Waals surface area (Å²) in [7, 11) is 0. The van der Waals surface area contributed by atoms with Gasteiger partial charge in [0.15, 0.2) is 0 Å². The van der Waals surface area contributed by atoms with Crippen molar-refractivity contribution in [2.45, 2.75) is 40.5 Å². The second-order valence-corrected chi connectivity index (χ2v) is 10.6. The summed E-state index contributed by atoms with van der Waals surface area (Å²) in [4.78, 5) is 0. The minimum Gasteiger partial charge on any atom is -1.00 e. The first-order valence-corrected chi connectivity index (χ1v) is 10.1. The van der Waals surface area contributed by atoms with Crippen LogP contribution in [0.4, 0.5) is 0 Å². The summed E-state index contributed by atoms with van der Waals surface area (Å²) < 4.78 is 7.92. The quantitative estimate of drug-likeness (QED) is 0.549. The van der Waals surface area contributed by atoms with Crippen LogP contribution in [-0.2, 0) is 21.3 Å². The average Bonchev–Trinajstić information content (AvgIpc) is 2.72. The second-order valence-electron chi connectivity index (χ2n) is 5.10. The van der Waals surface area contributed by atoms with Gasteiger partial charge in [-0.2, -0.15) is 0 Å². The molecule has 0 N–H and O–H groups in total. The van der Waals surface area contributed by atoms with Crippen molar-refractivity contribution in [1.82, 2.24) is 0 Å². The molecule has 0 aliphatic heterocycles. The van der Waals surface area contributed by atoms with Gasteiger partial charge in [-0.15, -0.1) is 0 Å². The van der Waals surface area contributed by atoms with E-state index in [9.17, 15) is 0 Å². The normalized spacial score (nSPS) is 17.7. The predicted molar refractivity (Wildman–Crippen MR) is 69.3 cm³/mol. The Morgan fingerprint density at radius 1 is 0.833 bits per heavy atom. The fourth-order valence-electron chi connectivity index (χ4n) is 2.32. The molecule has 0 aromatic carbocycles. The van der Waals surface area contributed by atoms with Gasteiger partial charge in [-0.1, -0.05) is 0 Å². The molecule has 0 heterocycles. The van der Waals surface area contributed by atoms with Crippen LogP contribution in [0.15, 0.2) is 41.0 Å². The van der Waals surface area contributed by atoms with Crippen molar-refractivity contribution in [2.24, 2.45) is 0 Å². The SMILES string of the molecule is [CH2]=[Zr+2]([C]1=CC(C)=C(C)C1)[C]1=CC(C)=C(C)C1.[Cl-].[Cl-]. The molecule has 2 aliphatic carbocycles. The van der Waals surface area contributed by atoms with Crippen LogP contribution < -0.4 is 24.8 Å². The molecule has 0 amide bonds. The molecule has 0 saturated carbocycles. The number of rotatable bonds is 2. The molecule has 0 atom stereocenters. The van der Waals surface area contributed by atoms with Crippen LogP contribution in [0.1, 0.15) is 40.5 Å². The Hall–Kier alpha value is 0.293. The zero-order valence-electron chi connectivity index (χ0n) is 11.5. The van der Waals surface area contributed by atoms with Gasteiger partial charge in [0.25, 0.3) is 0 Å². The van der Waals surface area contributed by atoms with Gasteiger partial charge in [-0.3, -0.25) is 0 Å². The Bertz CT molecular complexity index is 447. The number of hydrogen-bond acceptors (Lipinski definition) is 0. The summed E-state index contributed by atoms with van der Waals surface area (Å²) in [5, 5.41) is 0. The van der Waals surface area contributed by atoms with E-state index in [1.54, 1.807) is 17.7 Å². The topological polar surface area (TPSA) is 0 Å². The fourth-order valence-corrected chi connectivity index (χ4v) is 7.60. The smallest absolute Gasteiger partial charge is 1.00 e. The van der Waals surface area contributed by atoms with Crippen LogP contribution in [-0.4, -0.2) is 4.21 Å². The number of hydrogen-bond donors (Lipinski definition) is 0. The van der Waals surface area contributed by atoms with E-state index in [-0.39, 0.29) is 24.8 Å². The molecule has 0 radical (unpaired) electrons. The van der Waals surface area contributed by atoms with E-state index in [1.165, 1.54) is 24.0 Å². The third-order valence-corrected chi connectivity index (χ3v) is 9.20. The van der Waals surface area contributed by atoms with E-state index < -0.39 is 21.3 Å². The summed E-state index contributed by atoms with van der Waals surface area (Å²) >= 11 is -1.67. The molecule has 0 fully saturated rings. The maximum absolute atomic E-state index is 4.55. The van der Waals surface area contributed by atoms with Gasteiger partial charge in [-0.25, -0.2) is 0 Å². The Kier molecular flexibility index (Phi) is 7.29. The zero-order valence-corrected chi connectivity index (χ0v) is 15.5. The summed E-state index contributed by atoms with van der Waals surface area (Å²) in [6, 6.07) is 0. The molecule has 3 heteroatoms. The van der Waals surface area contributed by atoms with Crippen molar-refractivity contribution in [2.75, 3.05) is 0 Å². The molecule has 0 saturated heterocycles. The maximum Gasteiger partial charge on any atom is -1.00 e. The molecule has 2 aliphatic rings. The monoisotopic (exact) mass is 360 g/mol. The molecule has 0 aromatic heterocycles. The van der Waals surface area contributed by atoms with Crippen molar-refractivity contribution in [3.05, 3.63) is 41.0 Å². The van der Waals surface area contributed by atoms with Crippen molar-refractivity contribution >= 4 is 4.21 Å². The van der Waals surface area contributed by atoms with Gasteiger partial charge in [0, 0.05) is 0 Å². The minimum atomic E-state index is -1.67. The largest absolute Gasteiger partial charge is 1.00 e. The van der Waals surface area contributed by atoms with Crippen LogP contribution in [0.2, 0.25) is 0 Å². The van der Waals surface area contributed by atoms with Crippen molar-refractivity contribution in [3.63, 3.8) is 0 Å². The van der Waals surface area contributed by atoms with E-state index in [4.69, 9.17) is 0 Å². The van der Waals surface area contributed by atoms with Gasteiger partial charge in [0.2, 0.25) is 0 Å². The van der Waals surface area contributed by atoms with Crippen LogP contribution in [0.25, 0.3) is 0 Å². The first-order chi connectivity index (χ1) is 7.49. The van der Waals surface area contributed by atoms with E-state index >= 15 is 0 Å². The summed E-state index contributed by atoms with van der Waals surface area (Å²) in [5.41, 5.74) is 6.07. The summed E-state index contributed by atoms with van der Waals surface area (Å²) in [6.07, 6.45) is 7.25. The first-order valence-electron chi connectivity index (χ1n) is 5.92. The fraction of sp³-hybridized carbons (Fsp3) is 0.400. The molecule has 0 aromatic rings. The van der Waals surface area contributed by atoms with Gasteiger partial charge in [0.1, 0.15) is 0 Å². The van der Waals surface area contributed by atoms with Crippen molar-refractivity contribution < 1.29 is 46.1 Å². The average molecular weight is 362 g/mol. The zero-order chi connectivity index (χ0) is 11.9. The van der Waals surface area contributed by atoms with Gasteiger partial charge in [0.05, 0.1) is 0 Å². The molecule has 0 nitrogen and oxygen atoms in total. The molecular weight excluding hydrogens is 342 g/mol. The Labute approximate surface area is 131 Å². The molecule has 2 rings (SSSR count). The molecule has 98 valence electrons. The summed E-state index contributed by atoms with van der Waals surface area (Å²) in [5.74, 6) is 0. The number of allylic oxidation sites excluding steroid dienone is 8. The van der Waals surface area contributed by atoms with E-state index in [1.807, 2.05) is 0 Å². The Morgan fingerprint density at radius 3 is 1.39 bits per heavy atom. The Balaban J connectivity index is 0.00000144. The maximum atomic E-state index is 4.55. The predicted octanol–water partition coefficient (Wildman–Crippen LogP) is -1.71. The Morgan fingerprint density at radius 2 is 1.17 bits per heavy atom. The summed E-state index contributed by atoms with van der Waals surface area (Å²) in [6.45, 7) is 8.98. The van der Waals surface area contributed by atoms with E-state index in [0.717, 1.165) is 0 Å². The van der Waals surface area contributed by atoms with Crippen molar-refractivity contribution in [3.8, 4) is 0 Å². The second kappa shape index (κ2) is 7.18. The standard InChI is InChI=1S/2C7H9.CH2.2ClH.Zr/c2*1-6-4-3-5-7(6)2;;;;/h2*4H,5H2,1-2H3;1H2;2*1H;/q;;;;;+2/p-2. The minimum absolute atomic E-state index is 0. The van der Waals surface area contributed by atoms with Gasteiger partial charge in [-0.05, 0) is 0 Å². The molecule has 18 heavy (non-hydrogen) atoms. The van der Waals surface area contributed by atoms with Gasteiger partial charge < -0.3 is 24.8 Å². The molecule has 0 unspecified atom stereocenters. The van der Waals surface area contributed by atoms with Crippen LogP contribution in [0, 0.1) is 0 Å². The molecule has 0 spiro atoms. The number of halogens is 2. The van der Waals surface area contributed by atoms with Crippen LogP contribution in [0.3, 0.4) is 0 Å². The third-order valence-electron chi connectivity index (χ3n) is 3.81. The van der Waals surface area contributed by atoms with Crippen LogP contribution >= 0.6 is 0 Å². The molecular formula is C15H20Cl2Zr. The first kappa shape index (κ1) is 18.3. The van der Waals surface area contributed by atoms with Crippen molar-refractivity contribution in [1.29, 1.82) is 0 Å².